The number of hydrogen-bond donors (Lipinski definition) is 2. The van der Waals surface area contributed by atoms with Gasteiger partial charge in [0.1, 0.15) is 17.8 Å². The maximum absolute atomic E-state index is 5.88. The van der Waals surface area contributed by atoms with Crippen molar-refractivity contribution in [3.05, 3.63) is 16.1 Å². The Morgan fingerprint density at radius 3 is 3.12 bits per heavy atom. The maximum atomic E-state index is 5.88. The number of nitrogens with one attached hydrogen (secondary N) is 1. The second-order valence-electron chi connectivity index (χ2n) is 3.99. The third-order valence-electron chi connectivity index (χ3n) is 3.02. The van der Waals surface area contributed by atoms with Crippen LogP contribution in [0.2, 0.25) is 0 Å². The quantitative estimate of drug-likeness (QED) is 0.771. The topological polar surface area (TPSA) is 68.8 Å². The van der Waals surface area contributed by atoms with Gasteiger partial charge in [-0.1, -0.05) is 0 Å². The van der Waals surface area contributed by atoms with Crippen molar-refractivity contribution < 1.29 is 0 Å². The molecule has 16 heavy (non-hydrogen) atoms. The summed E-state index contributed by atoms with van der Waals surface area (Å²) < 4.78 is 3.34. The van der Waals surface area contributed by atoms with E-state index in [1.165, 1.54) is 6.33 Å². The summed E-state index contributed by atoms with van der Waals surface area (Å²) in [7, 11) is 0. The Hall–Kier alpha value is -0.890. The molecule has 1 saturated heterocycles. The van der Waals surface area contributed by atoms with Crippen LogP contribution in [0.3, 0.4) is 0 Å². The molecule has 5 nitrogen and oxygen atoms in total. The fraction of sp³-hybridized carbons (Fsp3) is 0.400. The van der Waals surface area contributed by atoms with E-state index in [0.717, 1.165) is 34.1 Å². The Kier molecular flexibility index (Phi) is 2.47. The first-order valence-electron chi connectivity index (χ1n) is 5.24. The van der Waals surface area contributed by atoms with Crippen molar-refractivity contribution >= 4 is 39.4 Å². The standard InChI is InChI=1S/C10H12IN5/c11-7-4-16(6-1-2-13-3-6)10-8(7)9(12)14-5-15-10/h4-6,13H,1-3H2,(H2,12,14,15)/t6-/m0/s1. The number of anilines is 1. The van der Waals surface area contributed by atoms with Crippen LogP contribution in [-0.4, -0.2) is 27.6 Å². The van der Waals surface area contributed by atoms with E-state index in [2.05, 4.69) is 48.6 Å². The molecule has 84 valence electrons. The van der Waals surface area contributed by atoms with Gasteiger partial charge in [0.15, 0.2) is 0 Å². The van der Waals surface area contributed by atoms with Crippen molar-refractivity contribution in [1.29, 1.82) is 0 Å². The van der Waals surface area contributed by atoms with E-state index >= 15 is 0 Å². The molecule has 0 radical (unpaired) electrons. The van der Waals surface area contributed by atoms with Gasteiger partial charge in [-0.25, -0.2) is 9.97 Å². The first kappa shape index (κ1) is 10.3. The molecular formula is C10H12IN5. The van der Waals surface area contributed by atoms with Crippen LogP contribution in [0.15, 0.2) is 12.5 Å². The van der Waals surface area contributed by atoms with Crippen LogP contribution in [0.5, 0.6) is 0 Å². The average molecular weight is 329 g/mol. The van der Waals surface area contributed by atoms with Gasteiger partial charge in [-0.05, 0) is 35.6 Å². The van der Waals surface area contributed by atoms with Gasteiger partial charge in [0, 0.05) is 22.4 Å². The summed E-state index contributed by atoms with van der Waals surface area (Å²) in [5, 5.41) is 4.34. The minimum Gasteiger partial charge on any atom is -0.383 e. The summed E-state index contributed by atoms with van der Waals surface area (Å²) in [6.07, 6.45) is 4.80. The van der Waals surface area contributed by atoms with E-state index in [1.54, 1.807) is 0 Å². The molecule has 2 aromatic heterocycles. The lowest BCUT2D eigenvalue weighted by Gasteiger charge is -2.11. The molecule has 0 aromatic carbocycles. The van der Waals surface area contributed by atoms with Crippen LogP contribution in [0.4, 0.5) is 5.82 Å². The average Bonchev–Trinajstić information content (AvgIpc) is 2.86. The van der Waals surface area contributed by atoms with Crippen LogP contribution in [0.1, 0.15) is 12.5 Å². The smallest absolute Gasteiger partial charge is 0.146 e. The van der Waals surface area contributed by atoms with Gasteiger partial charge in [0.2, 0.25) is 0 Å². The summed E-state index contributed by atoms with van der Waals surface area (Å²) in [6.45, 7) is 2.07. The monoisotopic (exact) mass is 329 g/mol. The minimum atomic E-state index is 0.486. The zero-order chi connectivity index (χ0) is 11.1. The Labute approximate surface area is 107 Å². The highest BCUT2D eigenvalue weighted by Gasteiger charge is 2.20. The third-order valence-corrected chi connectivity index (χ3v) is 3.84. The Bertz CT molecular complexity index is 529. The van der Waals surface area contributed by atoms with Crippen molar-refractivity contribution in [2.24, 2.45) is 0 Å². The number of halogens is 1. The predicted molar refractivity (Wildman–Crippen MR) is 71.2 cm³/mol. The van der Waals surface area contributed by atoms with Crippen molar-refractivity contribution in [3.8, 4) is 0 Å². The van der Waals surface area contributed by atoms with E-state index in [1.807, 2.05) is 0 Å². The molecule has 0 bridgehead atoms. The van der Waals surface area contributed by atoms with Gasteiger partial charge in [0.25, 0.3) is 0 Å². The lowest BCUT2D eigenvalue weighted by atomic mass is 10.2. The summed E-state index contributed by atoms with van der Waals surface area (Å²) in [4.78, 5) is 8.39. The second kappa shape index (κ2) is 3.85. The highest BCUT2D eigenvalue weighted by molar-refractivity contribution is 14.1. The summed E-state index contributed by atoms with van der Waals surface area (Å²) in [5.41, 5.74) is 6.83. The van der Waals surface area contributed by atoms with Crippen LogP contribution in [0, 0.1) is 3.57 Å². The summed E-state index contributed by atoms with van der Waals surface area (Å²) >= 11 is 2.29. The lowest BCUT2D eigenvalue weighted by molar-refractivity contribution is 0.561. The molecule has 0 saturated carbocycles. The largest absolute Gasteiger partial charge is 0.383 e. The lowest BCUT2D eigenvalue weighted by Crippen LogP contribution is -2.13. The van der Waals surface area contributed by atoms with Crippen molar-refractivity contribution in [3.63, 3.8) is 0 Å². The van der Waals surface area contributed by atoms with E-state index in [9.17, 15) is 0 Å². The molecule has 3 heterocycles. The number of aromatic nitrogens is 3. The van der Waals surface area contributed by atoms with Crippen LogP contribution >= 0.6 is 22.6 Å². The zero-order valence-corrected chi connectivity index (χ0v) is 10.8. The van der Waals surface area contributed by atoms with Gasteiger partial charge in [-0.15, -0.1) is 0 Å². The second-order valence-corrected chi connectivity index (χ2v) is 5.15. The van der Waals surface area contributed by atoms with Crippen molar-refractivity contribution in [2.45, 2.75) is 12.5 Å². The van der Waals surface area contributed by atoms with Gasteiger partial charge >= 0.3 is 0 Å². The molecule has 1 aliphatic rings. The van der Waals surface area contributed by atoms with Crippen molar-refractivity contribution in [2.75, 3.05) is 18.8 Å². The zero-order valence-electron chi connectivity index (χ0n) is 8.65. The maximum Gasteiger partial charge on any atom is 0.146 e. The first-order valence-corrected chi connectivity index (χ1v) is 6.32. The highest BCUT2D eigenvalue weighted by atomic mass is 127. The molecule has 3 rings (SSSR count). The molecular weight excluding hydrogens is 317 g/mol. The molecule has 1 aliphatic heterocycles. The number of hydrogen-bond acceptors (Lipinski definition) is 4. The number of fused-ring (bicyclic) bond motifs is 1. The Morgan fingerprint density at radius 2 is 2.38 bits per heavy atom. The number of rotatable bonds is 1. The van der Waals surface area contributed by atoms with Gasteiger partial charge in [-0.3, -0.25) is 0 Å². The molecule has 0 amide bonds. The van der Waals surface area contributed by atoms with Crippen LogP contribution in [-0.2, 0) is 0 Å². The van der Waals surface area contributed by atoms with Gasteiger partial charge < -0.3 is 15.6 Å². The molecule has 0 aliphatic carbocycles. The van der Waals surface area contributed by atoms with E-state index in [-0.39, 0.29) is 0 Å². The molecule has 3 N–H and O–H groups in total. The van der Waals surface area contributed by atoms with E-state index in [0.29, 0.717) is 11.9 Å². The molecule has 1 fully saturated rings. The predicted octanol–water partition coefficient (Wildman–Crippen LogP) is 1.15. The van der Waals surface area contributed by atoms with Gasteiger partial charge in [-0.2, -0.15) is 0 Å². The minimum absolute atomic E-state index is 0.486. The highest BCUT2D eigenvalue weighted by Crippen LogP contribution is 2.29. The molecule has 0 spiro atoms. The summed E-state index contributed by atoms with van der Waals surface area (Å²) in [5.74, 6) is 0.569. The first-order chi connectivity index (χ1) is 7.77. The van der Waals surface area contributed by atoms with Crippen LogP contribution < -0.4 is 11.1 Å². The number of nitrogens with two attached hydrogens (primary N) is 1. The molecule has 1 atom stereocenters. The normalized spacial score (nSPS) is 20.7. The fourth-order valence-corrected chi connectivity index (χ4v) is 3.03. The van der Waals surface area contributed by atoms with Gasteiger partial charge in [0.05, 0.1) is 5.39 Å². The number of nitrogen functional groups attached to an aromatic ring is 1. The summed E-state index contributed by atoms with van der Waals surface area (Å²) in [6, 6.07) is 0.486. The molecule has 6 heteroatoms. The SMILES string of the molecule is Nc1ncnc2c1c(I)cn2[C@H]1CCNC1. The number of nitrogens with zero attached hydrogens (tertiary/aromatic N) is 3. The molecule has 0 unspecified atom stereocenters. The Balaban J connectivity index is 2.22. The fourth-order valence-electron chi connectivity index (χ4n) is 2.22. The van der Waals surface area contributed by atoms with E-state index in [4.69, 9.17) is 5.73 Å². The van der Waals surface area contributed by atoms with E-state index < -0.39 is 0 Å². The third kappa shape index (κ3) is 1.47. The Morgan fingerprint density at radius 1 is 1.50 bits per heavy atom. The van der Waals surface area contributed by atoms with Crippen molar-refractivity contribution in [1.82, 2.24) is 19.9 Å². The van der Waals surface area contributed by atoms with Crippen LogP contribution in [0.25, 0.3) is 11.0 Å². The molecule has 2 aromatic rings.